The lowest BCUT2D eigenvalue weighted by atomic mass is 9.95. The summed E-state index contributed by atoms with van der Waals surface area (Å²) in [5.74, 6) is -1.16. The maximum Gasteiger partial charge on any atom is 0.413 e. The molecule has 178 valence electrons. The monoisotopic (exact) mass is 531 g/mol. The number of halogens is 1. The second-order valence-corrected chi connectivity index (χ2v) is 12.6. The molecule has 1 aliphatic carbocycles. The van der Waals surface area contributed by atoms with E-state index in [-0.39, 0.29) is 16.3 Å². The Balaban J connectivity index is 1.61. The van der Waals surface area contributed by atoms with E-state index in [1.165, 1.54) is 27.8 Å². The molecule has 0 bridgehead atoms. The molecule has 1 fully saturated rings. The molecule has 13 heteroatoms. The highest BCUT2D eigenvalue weighted by molar-refractivity contribution is 7.91. The van der Waals surface area contributed by atoms with Crippen LogP contribution in [0.25, 0.3) is 0 Å². The van der Waals surface area contributed by atoms with Gasteiger partial charge in [0.1, 0.15) is 15.3 Å². The van der Waals surface area contributed by atoms with Crippen LogP contribution in [0.5, 0.6) is 0 Å². The van der Waals surface area contributed by atoms with E-state index in [2.05, 4.69) is 15.4 Å². The van der Waals surface area contributed by atoms with Crippen molar-refractivity contribution in [1.82, 2.24) is 9.62 Å². The summed E-state index contributed by atoms with van der Waals surface area (Å²) in [5, 5.41) is 5.25. The summed E-state index contributed by atoms with van der Waals surface area (Å²) in [7, 11) is -2.73. The first-order valence-electron chi connectivity index (χ1n) is 10.3. The highest BCUT2D eigenvalue weighted by Gasteiger charge is 2.41. The number of methoxy groups -OCH3 is 1. The van der Waals surface area contributed by atoms with E-state index in [1.54, 1.807) is 0 Å². The quantitative estimate of drug-likeness (QED) is 0.607. The van der Waals surface area contributed by atoms with E-state index in [4.69, 9.17) is 11.6 Å². The molecule has 1 aliphatic heterocycles. The molecule has 2 N–H and O–H groups in total. The zero-order chi connectivity index (χ0) is 23.8. The van der Waals surface area contributed by atoms with Gasteiger partial charge in [0.25, 0.3) is 15.9 Å². The van der Waals surface area contributed by atoms with Crippen LogP contribution in [0.3, 0.4) is 0 Å². The maximum atomic E-state index is 13.2. The van der Waals surface area contributed by atoms with Crippen LogP contribution in [-0.2, 0) is 32.4 Å². The van der Waals surface area contributed by atoms with Crippen molar-refractivity contribution in [2.45, 2.75) is 48.8 Å². The lowest BCUT2D eigenvalue weighted by Crippen LogP contribution is -2.43. The van der Waals surface area contributed by atoms with E-state index >= 15 is 0 Å². The van der Waals surface area contributed by atoms with Gasteiger partial charge < -0.3 is 10.1 Å². The minimum atomic E-state index is -3.88. The summed E-state index contributed by atoms with van der Waals surface area (Å²) in [5.41, 5.74) is 1.05. The van der Waals surface area contributed by atoms with Crippen LogP contribution in [0.2, 0.25) is 4.34 Å². The average Bonchev–Trinajstić information content (AvgIpc) is 3.51. The molecule has 2 aliphatic rings. The van der Waals surface area contributed by atoms with Crippen LogP contribution >= 0.6 is 34.3 Å². The minimum Gasteiger partial charge on any atom is -0.453 e. The van der Waals surface area contributed by atoms with Crippen LogP contribution in [-0.4, -0.2) is 50.3 Å². The number of amides is 3. The van der Waals surface area contributed by atoms with Gasteiger partial charge in [-0.2, -0.15) is 4.31 Å². The molecule has 2 aromatic heterocycles. The number of fused-ring (bicyclic) bond motifs is 1. The molecule has 3 amide bonds. The number of ether oxygens (including phenoxy) is 1. The summed E-state index contributed by atoms with van der Waals surface area (Å²) < 4.78 is 32.3. The number of hydrogen-bond donors (Lipinski definition) is 2. The second kappa shape index (κ2) is 9.71. The number of hydrogen-bond acceptors (Lipinski definition) is 8. The van der Waals surface area contributed by atoms with Crippen molar-refractivity contribution in [3.05, 3.63) is 32.5 Å². The zero-order valence-electron chi connectivity index (χ0n) is 17.7. The predicted octanol–water partition coefficient (Wildman–Crippen LogP) is 3.63. The van der Waals surface area contributed by atoms with Gasteiger partial charge in [-0.05, 0) is 56.2 Å². The molecule has 0 radical (unpaired) electrons. The number of rotatable bonds is 5. The average molecular weight is 532 g/mol. The van der Waals surface area contributed by atoms with Crippen molar-refractivity contribution in [2.75, 3.05) is 19.0 Å². The Labute approximate surface area is 204 Å². The summed E-state index contributed by atoms with van der Waals surface area (Å²) in [6.07, 6.45) is 3.30. The van der Waals surface area contributed by atoms with Crippen molar-refractivity contribution in [3.63, 3.8) is 0 Å². The highest BCUT2D eigenvalue weighted by Crippen LogP contribution is 2.39. The Morgan fingerprint density at radius 1 is 1.15 bits per heavy atom. The molecule has 9 nitrogen and oxygen atoms in total. The first-order valence-corrected chi connectivity index (χ1v) is 13.8. The van der Waals surface area contributed by atoms with Gasteiger partial charge in [-0.3, -0.25) is 14.9 Å². The smallest absolute Gasteiger partial charge is 0.413 e. The molecule has 0 aromatic carbocycles. The van der Waals surface area contributed by atoms with E-state index < -0.39 is 34.0 Å². The van der Waals surface area contributed by atoms with E-state index in [9.17, 15) is 22.8 Å². The molecule has 1 unspecified atom stereocenters. The number of nitrogens with zero attached hydrogens (tertiary/aromatic N) is 1. The Morgan fingerprint density at radius 2 is 1.91 bits per heavy atom. The van der Waals surface area contributed by atoms with Crippen LogP contribution in [0.1, 0.15) is 46.5 Å². The van der Waals surface area contributed by atoms with Crippen molar-refractivity contribution >= 4 is 67.2 Å². The van der Waals surface area contributed by atoms with Gasteiger partial charge in [0.15, 0.2) is 0 Å². The Bertz CT molecular complexity index is 1210. The van der Waals surface area contributed by atoms with Gasteiger partial charge in [0, 0.05) is 11.4 Å². The Kier molecular flexibility index (Phi) is 7.10. The predicted molar refractivity (Wildman–Crippen MR) is 126 cm³/mol. The topological polar surface area (TPSA) is 122 Å². The second-order valence-electron chi connectivity index (χ2n) is 7.68. The fraction of sp³-hybridized carbons (Fsp3) is 0.450. The molecule has 1 atom stereocenters. The number of thiophene rings is 2. The van der Waals surface area contributed by atoms with Crippen LogP contribution in [0, 0.1) is 0 Å². The van der Waals surface area contributed by atoms with E-state index in [0.29, 0.717) is 28.6 Å². The van der Waals surface area contributed by atoms with Crippen molar-refractivity contribution in [3.8, 4) is 0 Å². The largest absolute Gasteiger partial charge is 0.453 e. The lowest BCUT2D eigenvalue weighted by molar-refractivity contribution is -0.119. The summed E-state index contributed by atoms with van der Waals surface area (Å²) in [6.45, 7) is 0.215. The molecule has 0 spiro atoms. The first-order chi connectivity index (χ1) is 15.7. The van der Waals surface area contributed by atoms with E-state index in [0.717, 1.165) is 48.1 Å². The fourth-order valence-corrected chi connectivity index (χ4v) is 8.70. The van der Waals surface area contributed by atoms with Gasteiger partial charge in [-0.15, -0.1) is 22.7 Å². The van der Waals surface area contributed by atoms with Gasteiger partial charge in [-0.1, -0.05) is 11.6 Å². The Hall–Kier alpha value is -1.99. The third kappa shape index (κ3) is 4.80. The van der Waals surface area contributed by atoms with Crippen molar-refractivity contribution in [2.24, 2.45) is 0 Å². The molecular formula is C20H22ClN3O6S3. The molecular weight excluding hydrogens is 510 g/mol. The van der Waals surface area contributed by atoms with Gasteiger partial charge >= 0.3 is 6.09 Å². The van der Waals surface area contributed by atoms with Gasteiger partial charge in [-0.25, -0.2) is 13.2 Å². The van der Waals surface area contributed by atoms with Crippen LogP contribution in [0.4, 0.5) is 9.80 Å². The van der Waals surface area contributed by atoms with Crippen LogP contribution < -0.4 is 10.6 Å². The van der Waals surface area contributed by atoms with Gasteiger partial charge in [0.2, 0.25) is 5.91 Å². The molecule has 0 saturated carbocycles. The fourth-order valence-electron chi connectivity index (χ4n) is 4.14. The summed E-state index contributed by atoms with van der Waals surface area (Å²) in [4.78, 5) is 38.6. The highest BCUT2D eigenvalue weighted by atomic mass is 35.5. The van der Waals surface area contributed by atoms with Crippen molar-refractivity contribution < 1.29 is 27.5 Å². The summed E-state index contributed by atoms with van der Waals surface area (Å²) >= 11 is 8.14. The number of carbonyl (C=O) groups excluding carboxylic acids is 3. The van der Waals surface area contributed by atoms with Crippen molar-refractivity contribution in [1.29, 1.82) is 0 Å². The number of nitrogens with one attached hydrogen (secondary N) is 2. The van der Waals surface area contributed by atoms with Crippen LogP contribution in [0.15, 0.2) is 16.3 Å². The van der Waals surface area contributed by atoms with Gasteiger partial charge in [0.05, 0.1) is 17.0 Å². The number of anilines is 1. The number of aryl methyl sites for hydroxylation is 1. The minimum absolute atomic E-state index is 0.0805. The number of alkyl carbamates (subject to hydrolysis) is 1. The maximum absolute atomic E-state index is 13.2. The summed E-state index contributed by atoms with van der Waals surface area (Å²) in [6, 6.07) is 2.02. The number of carbonyl (C=O) groups is 3. The normalized spacial score (nSPS) is 18.5. The molecule has 4 rings (SSSR count). The molecule has 33 heavy (non-hydrogen) atoms. The third-order valence-electron chi connectivity index (χ3n) is 5.65. The first kappa shape index (κ1) is 24.1. The SMILES string of the molecule is COC(=O)NC(=O)c1c(NC(=O)C2CCCN2S(=O)(=O)c2ccc(Cl)s2)sc2c1CCCC2. The third-order valence-corrected chi connectivity index (χ3v) is 10.5. The molecule has 1 saturated heterocycles. The number of sulfonamides is 1. The lowest BCUT2D eigenvalue weighted by Gasteiger charge is -2.22. The number of imide groups is 1. The zero-order valence-corrected chi connectivity index (χ0v) is 20.9. The standard InChI is InChI=1S/C20H22ClN3O6S3/c1-30-20(27)23-18(26)16-11-5-2-3-7-13(11)31-19(16)22-17(25)12-6-4-10-24(12)33(28,29)15-9-8-14(21)32-15/h8-9,12H,2-7,10H2,1H3,(H,22,25)(H,23,26,27). The van der Waals surface area contributed by atoms with E-state index in [1.807, 2.05) is 0 Å². The molecule has 3 heterocycles. The molecule has 2 aromatic rings. The Morgan fingerprint density at radius 3 is 2.61 bits per heavy atom.